The Kier molecular flexibility index (Phi) is 4.91. The third kappa shape index (κ3) is 3.58. The first-order valence-corrected chi connectivity index (χ1v) is 7.32. The molecule has 0 fully saturated rings. The van der Waals surface area contributed by atoms with Crippen molar-refractivity contribution in [3.8, 4) is 0 Å². The number of hydrogen-bond donors (Lipinski definition) is 1. The van der Waals surface area contributed by atoms with E-state index in [1.54, 1.807) is 12.1 Å². The van der Waals surface area contributed by atoms with Gasteiger partial charge in [0.25, 0.3) is 0 Å². The molecule has 0 saturated carbocycles. The number of anilines is 1. The highest BCUT2D eigenvalue weighted by Crippen LogP contribution is 2.22. The molecule has 2 aromatic rings. The van der Waals surface area contributed by atoms with Crippen molar-refractivity contribution in [3.05, 3.63) is 65.0 Å². The number of para-hydroxylation sites is 1. The van der Waals surface area contributed by atoms with Gasteiger partial charge in [-0.1, -0.05) is 36.5 Å². The van der Waals surface area contributed by atoms with E-state index < -0.39 is 0 Å². The normalized spacial score (nSPS) is 10.4. The predicted octanol–water partition coefficient (Wildman–Crippen LogP) is 3.79. The number of nitrogens with two attached hydrogens (primary N) is 1. The maximum absolute atomic E-state index is 13.6. The molecule has 0 aromatic heterocycles. The minimum Gasteiger partial charge on any atom is -0.389 e. The largest absolute Gasteiger partial charge is 0.389 e. The summed E-state index contributed by atoms with van der Waals surface area (Å²) in [6, 6.07) is 13.2. The van der Waals surface area contributed by atoms with Crippen molar-refractivity contribution in [1.82, 2.24) is 0 Å². The van der Waals surface area contributed by atoms with Gasteiger partial charge in [0.1, 0.15) is 10.8 Å². The second-order valence-electron chi connectivity index (χ2n) is 4.98. The Balaban J connectivity index is 2.29. The molecule has 0 amide bonds. The Bertz CT molecular complexity index is 655. The lowest BCUT2D eigenvalue weighted by atomic mass is 10.1. The highest BCUT2D eigenvalue weighted by molar-refractivity contribution is 7.80. The fourth-order valence-electron chi connectivity index (χ4n) is 2.37. The molecule has 0 heterocycles. The minimum absolute atomic E-state index is 0.0910. The first-order chi connectivity index (χ1) is 10.0. The highest BCUT2D eigenvalue weighted by Gasteiger charge is 2.11. The van der Waals surface area contributed by atoms with Crippen molar-refractivity contribution in [1.29, 1.82) is 0 Å². The molecule has 0 atom stereocenters. The van der Waals surface area contributed by atoms with Crippen LogP contribution in [0.1, 0.15) is 23.6 Å². The molecule has 0 unspecified atom stereocenters. The smallest absolute Gasteiger partial charge is 0.133 e. The molecule has 2 rings (SSSR count). The van der Waals surface area contributed by atoms with E-state index in [4.69, 9.17) is 18.0 Å². The summed E-state index contributed by atoms with van der Waals surface area (Å²) in [4.78, 5) is 2.33. The number of halogens is 1. The van der Waals surface area contributed by atoms with E-state index in [0.29, 0.717) is 12.1 Å². The number of benzene rings is 2. The Morgan fingerprint density at radius 1 is 1.24 bits per heavy atom. The van der Waals surface area contributed by atoms with Crippen LogP contribution in [0.2, 0.25) is 0 Å². The van der Waals surface area contributed by atoms with Crippen LogP contribution in [0.4, 0.5) is 10.1 Å². The molecule has 0 bridgehead atoms. The van der Waals surface area contributed by atoms with Crippen LogP contribution < -0.4 is 10.6 Å². The Hall–Kier alpha value is -1.94. The average molecular weight is 302 g/mol. The molecule has 4 heteroatoms. The second-order valence-corrected chi connectivity index (χ2v) is 5.42. The van der Waals surface area contributed by atoms with E-state index in [1.807, 2.05) is 12.1 Å². The molecular formula is C17H19FN2S. The molecule has 0 spiro atoms. The van der Waals surface area contributed by atoms with E-state index in [0.717, 1.165) is 12.1 Å². The summed E-state index contributed by atoms with van der Waals surface area (Å²) in [6.45, 7) is 5.75. The number of aryl methyl sites for hydroxylation is 1. The predicted molar refractivity (Wildman–Crippen MR) is 90.2 cm³/mol. The van der Waals surface area contributed by atoms with Crippen molar-refractivity contribution in [2.45, 2.75) is 20.4 Å². The Labute approximate surface area is 130 Å². The number of rotatable bonds is 5. The van der Waals surface area contributed by atoms with Gasteiger partial charge >= 0.3 is 0 Å². The van der Waals surface area contributed by atoms with Crippen molar-refractivity contribution < 1.29 is 4.39 Å². The molecule has 0 radical (unpaired) electrons. The third-order valence-corrected chi connectivity index (χ3v) is 3.73. The zero-order valence-corrected chi connectivity index (χ0v) is 13.1. The van der Waals surface area contributed by atoms with E-state index in [1.165, 1.54) is 17.3 Å². The van der Waals surface area contributed by atoms with Crippen LogP contribution in [0.3, 0.4) is 0 Å². The summed E-state index contributed by atoms with van der Waals surface area (Å²) in [5.74, 6) is -0.370. The number of nitrogens with zero attached hydrogens (tertiary/aromatic N) is 1. The minimum atomic E-state index is -0.370. The molecule has 2 aromatic carbocycles. The molecule has 0 aliphatic carbocycles. The standard InChI is InChI=1S/C17H19FN2S/c1-3-20(16-7-5-4-6-12(16)2)11-13-8-9-15(18)14(10-13)17(19)21/h4-10H,3,11H2,1-2H3,(H2,19,21). The lowest BCUT2D eigenvalue weighted by Gasteiger charge is -2.25. The summed E-state index contributed by atoms with van der Waals surface area (Å²) in [7, 11) is 0. The van der Waals surface area contributed by atoms with Crippen molar-refractivity contribution >= 4 is 22.9 Å². The fourth-order valence-corrected chi connectivity index (χ4v) is 2.52. The van der Waals surface area contributed by atoms with Crippen LogP contribution in [0.15, 0.2) is 42.5 Å². The lowest BCUT2D eigenvalue weighted by molar-refractivity contribution is 0.624. The first-order valence-electron chi connectivity index (χ1n) is 6.91. The summed E-state index contributed by atoms with van der Waals surface area (Å²) < 4.78 is 13.6. The second kappa shape index (κ2) is 6.68. The van der Waals surface area contributed by atoms with Crippen LogP contribution in [0.5, 0.6) is 0 Å². The summed E-state index contributed by atoms with van der Waals surface area (Å²) in [6.07, 6.45) is 0. The molecule has 0 saturated heterocycles. The van der Waals surface area contributed by atoms with Crippen molar-refractivity contribution in [3.63, 3.8) is 0 Å². The SMILES string of the molecule is CCN(Cc1ccc(F)c(C(N)=S)c1)c1ccccc1C. The average Bonchev–Trinajstić information content (AvgIpc) is 2.47. The topological polar surface area (TPSA) is 29.3 Å². The molecule has 2 nitrogen and oxygen atoms in total. The molecule has 0 aliphatic heterocycles. The van der Waals surface area contributed by atoms with Gasteiger partial charge in [-0.25, -0.2) is 4.39 Å². The van der Waals surface area contributed by atoms with Crippen molar-refractivity contribution in [2.75, 3.05) is 11.4 Å². The van der Waals surface area contributed by atoms with Gasteiger partial charge in [-0.15, -0.1) is 0 Å². The highest BCUT2D eigenvalue weighted by atomic mass is 32.1. The summed E-state index contributed by atoms with van der Waals surface area (Å²) >= 11 is 4.89. The van der Waals surface area contributed by atoms with Gasteiger partial charge in [0.05, 0.1) is 0 Å². The van der Waals surface area contributed by atoms with Gasteiger partial charge in [0.2, 0.25) is 0 Å². The van der Waals surface area contributed by atoms with E-state index in [2.05, 4.69) is 30.9 Å². The van der Waals surface area contributed by atoms with Crippen LogP contribution >= 0.6 is 12.2 Å². The number of thiocarbonyl (C=S) groups is 1. The molecule has 110 valence electrons. The van der Waals surface area contributed by atoms with E-state index in [-0.39, 0.29) is 10.8 Å². The van der Waals surface area contributed by atoms with E-state index >= 15 is 0 Å². The van der Waals surface area contributed by atoms with Crippen LogP contribution in [0, 0.1) is 12.7 Å². The lowest BCUT2D eigenvalue weighted by Crippen LogP contribution is -2.23. The summed E-state index contributed by atoms with van der Waals surface area (Å²) in [5, 5.41) is 0. The van der Waals surface area contributed by atoms with Crippen LogP contribution in [0.25, 0.3) is 0 Å². The zero-order chi connectivity index (χ0) is 15.4. The Morgan fingerprint density at radius 2 is 1.95 bits per heavy atom. The van der Waals surface area contributed by atoms with E-state index in [9.17, 15) is 4.39 Å². The monoisotopic (exact) mass is 302 g/mol. The summed E-state index contributed by atoms with van der Waals surface area (Å²) in [5.41, 5.74) is 9.26. The van der Waals surface area contributed by atoms with Gasteiger partial charge in [-0.3, -0.25) is 0 Å². The van der Waals surface area contributed by atoms with Gasteiger partial charge < -0.3 is 10.6 Å². The molecule has 2 N–H and O–H groups in total. The molecule has 21 heavy (non-hydrogen) atoms. The van der Waals surface area contributed by atoms with Crippen molar-refractivity contribution in [2.24, 2.45) is 5.73 Å². The van der Waals surface area contributed by atoms with Gasteiger partial charge in [0, 0.05) is 24.3 Å². The Morgan fingerprint density at radius 3 is 2.57 bits per heavy atom. The molecule has 0 aliphatic rings. The van der Waals surface area contributed by atoms with Gasteiger partial charge in [-0.05, 0) is 43.2 Å². The van der Waals surface area contributed by atoms with Crippen LogP contribution in [-0.4, -0.2) is 11.5 Å². The zero-order valence-electron chi connectivity index (χ0n) is 12.3. The van der Waals surface area contributed by atoms with Gasteiger partial charge in [-0.2, -0.15) is 0 Å². The first kappa shape index (κ1) is 15.4. The van der Waals surface area contributed by atoms with Crippen LogP contribution in [-0.2, 0) is 6.54 Å². The maximum atomic E-state index is 13.6. The fraction of sp³-hybridized carbons (Fsp3) is 0.235. The third-order valence-electron chi connectivity index (χ3n) is 3.51. The molecular weight excluding hydrogens is 283 g/mol. The maximum Gasteiger partial charge on any atom is 0.133 e. The number of hydrogen-bond acceptors (Lipinski definition) is 2. The van der Waals surface area contributed by atoms with Gasteiger partial charge in [0.15, 0.2) is 0 Å². The quantitative estimate of drug-likeness (QED) is 0.852.